The molecule has 0 fully saturated rings. The second kappa shape index (κ2) is 8.20. The minimum atomic E-state index is -1.20. The van der Waals surface area contributed by atoms with Crippen molar-refractivity contribution in [2.75, 3.05) is 13.1 Å². The summed E-state index contributed by atoms with van der Waals surface area (Å²) in [6.45, 7) is 1.05. The number of rotatable bonds is 7. The van der Waals surface area contributed by atoms with E-state index in [0.29, 0.717) is 25.1 Å². The number of allylic oxidation sites excluding steroid dienone is 1. The lowest BCUT2D eigenvalue weighted by molar-refractivity contribution is -0.139. The Balaban J connectivity index is 1.87. The molecule has 0 bridgehead atoms. The zero-order valence-electron chi connectivity index (χ0n) is 13.4. The Bertz CT molecular complexity index is 726. The number of carboxylic acids is 2. The maximum absolute atomic E-state index is 11.1. The number of hydrogen-bond acceptors (Lipinski definition) is 6. The summed E-state index contributed by atoms with van der Waals surface area (Å²) >= 11 is 0. The first kappa shape index (κ1) is 18.3. The van der Waals surface area contributed by atoms with Crippen LogP contribution in [0, 0.1) is 0 Å². The van der Waals surface area contributed by atoms with Crippen molar-refractivity contribution in [3.63, 3.8) is 0 Å². The molecule has 1 aliphatic rings. The average Bonchev–Trinajstić information content (AvgIpc) is 2.57. The largest absolute Gasteiger partial charge is 0.504 e. The van der Waals surface area contributed by atoms with Crippen LogP contribution in [0.1, 0.15) is 12.0 Å². The molecule has 0 amide bonds. The number of benzene rings is 1. The molecular weight excluding hydrogens is 328 g/mol. The molecular formula is C17H20N2O6. The van der Waals surface area contributed by atoms with E-state index in [1.807, 2.05) is 0 Å². The molecule has 1 aliphatic heterocycles. The van der Waals surface area contributed by atoms with Crippen LogP contribution in [0.15, 0.2) is 41.6 Å². The smallest absolute Gasteiger partial charge is 0.351 e. The van der Waals surface area contributed by atoms with Gasteiger partial charge in [-0.2, -0.15) is 0 Å². The van der Waals surface area contributed by atoms with E-state index < -0.39 is 18.0 Å². The van der Waals surface area contributed by atoms with E-state index in [-0.39, 0.29) is 23.6 Å². The third-order valence-electron chi connectivity index (χ3n) is 3.77. The van der Waals surface area contributed by atoms with Gasteiger partial charge in [-0.25, -0.2) is 9.59 Å². The van der Waals surface area contributed by atoms with E-state index in [1.165, 1.54) is 18.2 Å². The Kier molecular flexibility index (Phi) is 6.02. The summed E-state index contributed by atoms with van der Waals surface area (Å²) in [4.78, 5) is 22.1. The molecule has 1 atom stereocenters. The second-order valence-electron chi connectivity index (χ2n) is 5.66. The number of phenolic OH excluding ortho intramolecular Hbond substituents is 2. The first-order chi connectivity index (χ1) is 11.9. The quantitative estimate of drug-likeness (QED) is 0.311. The fourth-order valence-corrected chi connectivity index (χ4v) is 2.44. The molecule has 134 valence electrons. The molecule has 0 saturated carbocycles. The fourth-order valence-electron chi connectivity index (χ4n) is 2.44. The topological polar surface area (TPSA) is 139 Å². The van der Waals surface area contributed by atoms with Crippen LogP contribution in [-0.4, -0.2) is 51.5 Å². The number of hydrogen-bond donors (Lipinski definition) is 6. The van der Waals surface area contributed by atoms with Gasteiger partial charge in [-0.05, 0) is 42.3 Å². The van der Waals surface area contributed by atoms with Gasteiger partial charge in [0.05, 0.1) is 0 Å². The second-order valence-corrected chi connectivity index (χ2v) is 5.66. The van der Waals surface area contributed by atoms with Gasteiger partial charge in [0, 0.05) is 13.0 Å². The summed E-state index contributed by atoms with van der Waals surface area (Å²) in [6.07, 6.45) is 4.03. The molecule has 0 aliphatic carbocycles. The molecule has 1 aromatic rings. The highest BCUT2D eigenvalue weighted by molar-refractivity contribution is 5.89. The van der Waals surface area contributed by atoms with Gasteiger partial charge >= 0.3 is 11.9 Å². The Morgan fingerprint density at radius 3 is 2.64 bits per heavy atom. The first-order valence-electron chi connectivity index (χ1n) is 7.71. The molecule has 8 nitrogen and oxygen atoms in total. The molecule has 0 radical (unpaired) electrons. The van der Waals surface area contributed by atoms with E-state index >= 15 is 0 Å². The highest BCUT2D eigenvalue weighted by Gasteiger charge is 2.26. The number of aliphatic carboxylic acids is 2. The van der Waals surface area contributed by atoms with Crippen molar-refractivity contribution in [2.24, 2.45) is 0 Å². The summed E-state index contributed by atoms with van der Waals surface area (Å²) in [6, 6.07) is 3.66. The lowest BCUT2D eigenvalue weighted by Crippen LogP contribution is -2.41. The molecule has 1 aromatic carbocycles. The van der Waals surface area contributed by atoms with Crippen molar-refractivity contribution >= 4 is 11.9 Å². The monoisotopic (exact) mass is 348 g/mol. The van der Waals surface area contributed by atoms with Crippen molar-refractivity contribution in [1.82, 2.24) is 10.6 Å². The minimum Gasteiger partial charge on any atom is -0.504 e. The molecule has 6 N–H and O–H groups in total. The molecule has 1 heterocycles. The number of aromatic hydroxyl groups is 2. The molecule has 8 heteroatoms. The minimum absolute atomic E-state index is 0.135. The van der Waals surface area contributed by atoms with Crippen LogP contribution in [0.25, 0.3) is 0 Å². The summed E-state index contributed by atoms with van der Waals surface area (Å²) < 4.78 is 0. The SMILES string of the molecule is O=C(O)C1=CC(=CCNCCc2ccc(O)c(O)c2)CC(C(=O)O)N1. The van der Waals surface area contributed by atoms with Crippen LogP contribution in [-0.2, 0) is 16.0 Å². The van der Waals surface area contributed by atoms with Crippen LogP contribution < -0.4 is 10.6 Å². The first-order valence-corrected chi connectivity index (χ1v) is 7.71. The lowest BCUT2D eigenvalue weighted by Gasteiger charge is -2.22. The average molecular weight is 348 g/mol. The molecule has 0 spiro atoms. The fraction of sp³-hybridized carbons (Fsp3) is 0.294. The van der Waals surface area contributed by atoms with Gasteiger partial charge in [0.15, 0.2) is 11.5 Å². The Labute approximate surface area is 144 Å². The highest BCUT2D eigenvalue weighted by atomic mass is 16.4. The molecule has 0 saturated heterocycles. The van der Waals surface area contributed by atoms with Gasteiger partial charge in [0.1, 0.15) is 11.7 Å². The van der Waals surface area contributed by atoms with Gasteiger partial charge in [0.25, 0.3) is 0 Å². The van der Waals surface area contributed by atoms with Crippen LogP contribution in [0.4, 0.5) is 0 Å². The van der Waals surface area contributed by atoms with Gasteiger partial charge in [-0.3, -0.25) is 0 Å². The van der Waals surface area contributed by atoms with Crippen LogP contribution >= 0.6 is 0 Å². The van der Waals surface area contributed by atoms with Crippen molar-refractivity contribution in [1.29, 1.82) is 0 Å². The summed E-state index contributed by atoms with van der Waals surface area (Å²) in [7, 11) is 0. The van der Waals surface area contributed by atoms with Crippen LogP contribution in [0.2, 0.25) is 0 Å². The third kappa shape index (κ3) is 5.25. The predicted octanol–water partition coefficient (Wildman–Crippen LogP) is 0.571. The van der Waals surface area contributed by atoms with Crippen molar-refractivity contribution in [2.45, 2.75) is 18.9 Å². The van der Waals surface area contributed by atoms with E-state index in [1.54, 1.807) is 12.1 Å². The number of nitrogens with one attached hydrogen (secondary N) is 2. The van der Waals surface area contributed by atoms with E-state index in [0.717, 1.165) is 5.56 Å². The van der Waals surface area contributed by atoms with Crippen molar-refractivity contribution in [3.8, 4) is 11.5 Å². The van der Waals surface area contributed by atoms with Gasteiger partial charge in [-0.15, -0.1) is 0 Å². The van der Waals surface area contributed by atoms with Gasteiger partial charge < -0.3 is 31.1 Å². The molecule has 1 unspecified atom stereocenters. The van der Waals surface area contributed by atoms with E-state index in [2.05, 4.69) is 10.6 Å². The van der Waals surface area contributed by atoms with Crippen molar-refractivity contribution in [3.05, 3.63) is 47.2 Å². The molecule has 25 heavy (non-hydrogen) atoms. The van der Waals surface area contributed by atoms with Crippen LogP contribution in [0.3, 0.4) is 0 Å². The van der Waals surface area contributed by atoms with E-state index in [4.69, 9.17) is 10.2 Å². The molecule has 0 aromatic heterocycles. The highest BCUT2D eigenvalue weighted by Crippen LogP contribution is 2.24. The van der Waals surface area contributed by atoms with Crippen LogP contribution in [0.5, 0.6) is 11.5 Å². The van der Waals surface area contributed by atoms with Gasteiger partial charge in [0.2, 0.25) is 0 Å². The number of phenols is 2. The summed E-state index contributed by atoms with van der Waals surface area (Å²) in [5.41, 5.74) is 1.36. The summed E-state index contributed by atoms with van der Waals surface area (Å²) in [5.74, 6) is -2.63. The lowest BCUT2D eigenvalue weighted by atomic mass is 10.00. The zero-order chi connectivity index (χ0) is 18.4. The standard InChI is InChI=1S/C17H20N2O6/c20-14-2-1-10(9-15(14)21)3-5-18-6-4-11-7-12(16(22)23)19-13(8-11)17(24)25/h1-2,4,7,9,13,18-21H,3,5-6,8H2,(H,22,23)(H,24,25). The summed E-state index contributed by atoms with van der Waals surface area (Å²) in [5, 5.41) is 42.4. The zero-order valence-corrected chi connectivity index (χ0v) is 13.4. The Hall–Kier alpha value is -3.00. The number of carbonyl (C=O) groups is 2. The predicted molar refractivity (Wildman–Crippen MR) is 89.3 cm³/mol. The Morgan fingerprint density at radius 2 is 2.00 bits per heavy atom. The number of carboxylic acid groups (broad SMARTS) is 2. The maximum atomic E-state index is 11.1. The maximum Gasteiger partial charge on any atom is 0.351 e. The van der Waals surface area contributed by atoms with E-state index in [9.17, 15) is 19.8 Å². The van der Waals surface area contributed by atoms with Gasteiger partial charge in [-0.1, -0.05) is 12.1 Å². The Morgan fingerprint density at radius 1 is 1.24 bits per heavy atom. The molecule has 2 rings (SSSR count). The third-order valence-corrected chi connectivity index (χ3v) is 3.77. The normalized spacial score (nSPS) is 18.5. The van der Waals surface area contributed by atoms with Crippen molar-refractivity contribution < 1.29 is 30.0 Å².